The SMILES string of the molecule is Cc1c(C)c2ccc(OC(=O)C3CCN(C(=O)OC(C)(C)C)CC3)cc2oc1=O. The van der Waals surface area contributed by atoms with Gasteiger partial charge in [-0.1, -0.05) is 0 Å². The summed E-state index contributed by atoms with van der Waals surface area (Å²) in [5.74, 6) is -0.306. The van der Waals surface area contributed by atoms with Crippen molar-refractivity contribution in [3.8, 4) is 5.75 Å². The number of rotatable bonds is 2. The standard InChI is InChI=1S/C22H27NO6/c1-13-14(2)19(24)28-18-12-16(6-7-17(13)18)27-20(25)15-8-10-23(11-9-15)21(26)29-22(3,4)5/h6-7,12,15H,8-11H2,1-5H3. The number of hydrogen-bond acceptors (Lipinski definition) is 6. The van der Waals surface area contributed by atoms with Gasteiger partial charge < -0.3 is 18.8 Å². The van der Waals surface area contributed by atoms with Gasteiger partial charge in [0.2, 0.25) is 0 Å². The van der Waals surface area contributed by atoms with Crippen LogP contribution in [0.2, 0.25) is 0 Å². The molecule has 1 aromatic heterocycles. The van der Waals surface area contributed by atoms with Crippen LogP contribution in [0.5, 0.6) is 5.75 Å². The number of fused-ring (bicyclic) bond motifs is 1. The quantitative estimate of drug-likeness (QED) is 0.430. The molecule has 7 nitrogen and oxygen atoms in total. The first kappa shape index (κ1) is 20.9. The van der Waals surface area contributed by atoms with Gasteiger partial charge in [-0.15, -0.1) is 0 Å². The summed E-state index contributed by atoms with van der Waals surface area (Å²) in [6.45, 7) is 9.94. The van der Waals surface area contributed by atoms with Crippen LogP contribution < -0.4 is 10.4 Å². The maximum Gasteiger partial charge on any atom is 0.410 e. The Bertz CT molecular complexity index is 993. The number of piperidine rings is 1. The average Bonchev–Trinajstić information content (AvgIpc) is 2.65. The molecule has 7 heteroatoms. The van der Waals surface area contributed by atoms with E-state index in [9.17, 15) is 14.4 Å². The summed E-state index contributed by atoms with van der Waals surface area (Å²) in [4.78, 5) is 38.2. The van der Waals surface area contributed by atoms with Crippen LogP contribution in [0.4, 0.5) is 4.79 Å². The Kier molecular flexibility index (Phi) is 5.68. The molecule has 0 aliphatic carbocycles. The first-order valence-corrected chi connectivity index (χ1v) is 9.79. The van der Waals surface area contributed by atoms with Crippen molar-refractivity contribution in [1.82, 2.24) is 4.90 Å². The Morgan fingerprint density at radius 2 is 1.76 bits per heavy atom. The monoisotopic (exact) mass is 401 g/mol. The molecule has 1 saturated heterocycles. The highest BCUT2D eigenvalue weighted by atomic mass is 16.6. The van der Waals surface area contributed by atoms with Crippen LogP contribution in [0.15, 0.2) is 27.4 Å². The Hall–Kier alpha value is -2.83. The van der Waals surface area contributed by atoms with Crippen LogP contribution in [-0.4, -0.2) is 35.7 Å². The van der Waals surface area contributed by atoms with Crippen molar-refractivity contribution < 1.29 is 23.5 Å². The van der Waals surface area contributed by atoms with E-state index in [1.165, 1.54) is 0 Å². The molecule has 0 unspecified atom stereocenters. The fraction of sp³-hybridized carbons (Fsp3) is 0.500. The lowest BCUT2D eigenvalue weighted by atomic mass is 9.97. The summed E-state index contributed by atoms with van der Waals surface area (Å²) in [6, 6.07) is 5.05. The van der Waals surface area contributed by atoms with E-state index in [1.807, 2.05) is 27.7 Å². The van der Waals surface area contributed by atoms with Gasteiger partial charge in [-0.2, -0.15) is 0 Å². The van der Waals surface area contributed by atoms with Crippen LogP contribution in [-0.2, 0) is 9.53 Å². The molecular formula is C22H27NO6. The van der Waals surface area contributed by atoms with Gasteiger partial charge >= 0.3 is 17.7 Å². The van der Waals surface area contributed by atoms with E-state index in [1.54, 1.807) is 30.0 Å². The van der Waals surface area contributed by atoms with Crippen LogP contribution in [0.1, 0.15) is 44.7 Å². The summed E-state index contributed by atoms with van der Waals surface area (Å²) < 4.78 is 16.2. The Morgan fingerprint density at radius 1 is 1.10 bits per heavy atom. The number of carbonyl (C=O) groups excluding carboxylic acids is 2. The van der Waals surface area contributed by atoms with Crippen LogP contribution in [0.3, 0.4) is 0 Å². The van der Waals surface area contributed by atoms with E-state index < -0.39 is 11.2 Å². The molecule has 0 N–H and O–H groups in total. The summed E-state index contributed by atoms with van der Waals surface area (Å²) >= 11 is 0. The third kappa shape index (κ3) is 4.78. The highest BCUT2D eigenvalue weighted by Crippen LogP contribution is 2.26. The smallest absolute Gasteiger partial charge is 0.410 e. The van der Waals surface area contributed by atoms with Crippen molar-refractivity contribution in [3.63, 3.8) is 0 Å². The zero-order valence-electron chi connectivity index (χ0n) is 17.5. The number of carbonyl (C=O) groups is 2. The molecule has 1 aliphatic heterocycles. The van der Waals surface area contributed by atoms with E-state index in [0.29, 0.717) is 42.8 Å². The predicted molar refractivity (Wildman–Crippen MR) is 108 cm³/mol. The molecule has 2 heterocycles. The van der Waals surface area contributed by atoms with Crippen molar-refractivity contribution in [2.45, 2.75) is 53.1 Å². The first-order valence-electron chi connectivity index (χ1n) is 9.79. The minimum Gasteiger partial charge on any atom is -0.444 e. The molecular weight excluding hydrogens is 374 g/mol. The molecule has 0 saturated carbocycles. The molecule has 0 bridgehead atoms. The molecule has 1 aromatic carbocycles. The molecule has 0 atom stereocenters. The molecule has 156 valence electrons. The average molecular weight is 401 g/mol. The molecule has 2 aromatic rings. The topological polar surface area (TPSA) is 86.1 Å². The number of nitrogens with zero attached hydrogens (tertiary/aromatic N) is 1. The second-order valence-electron chi connectivity index (χ2n) is 8.46. The van der Waals surface area contributed by atoms with E-state index >= 15 is 0 Å². The normalized spacial score (nSPS) is 15.4. The number of aryl methyl sites for hydroxylation is 1. The van der Waals surface area contributed by atoms with Crippen molar-refractivity contribution in [2.75, 3.05) is 13.1 Å². The third-order valence-electron chi connectivity index (χ3n) is 5.13. The second kappa shape index (κ2) is 7.89. The van der Waals surface area contributed by atoms with Crippen molar-refractivity contribution in [3.05, 3.63) is 39.7 Å². The Balaban J connectivity index is 1.63. The van der Waals surface area contributed by atoms with E-state index in [0.717, 1.165) is 10.9 Å². The van der Waals surface area contributed by atoms with Crippen molar-refractivity contribution >= 4 is 23.0 Å². The zero-order chi connectivity index (χ0) is 21.3. The van der Waals surface area contributed by atoms with Gasteiger partial charge in [0.25, 0.3) is 0 Å². The van der Waals surface area contributed by atoms with Gasteiger partial charge in [0, 0.05) is 30.1 Å². The number of hydrogen-bond donors (Lipinski definition) is 0. The lowest BCUT2D eigenvalue weighted by Crippen LogP contribution is -2.43. The summed E-state index contributed by atoms with van der Waals surface area (Å²) in [5, 5.41) is 0.813. The molecule has 29 heavy (non-hydrogen) atoms. The number of amides is 1. The number of esters is 1. The maximum absolute atomic E-state index is 12.5. The van der Waals surface area contributed by atoms with Gasteiger partial charge in [0.05, 0.1) is 5.92 Å². The molecule has 1 fully saturated rings. The molecule has 1 amide bonds. The Morgan fingerprint density at radius 3 is 2.38 bits per heavy atom. The van der Waals surface area contributed by atoms with Crippen LogP contribution in [0.25, 0.3) is 11.0 Å². The fourth-order valence-corrected chi connectivity index (χ4v) is 3.32. The second-order valence-corrected chi connectivity index (χ2v) is 8.46. The largest absolute Gasteiger partial charge is 0.444 e. The van der Waals surface area contributed by atoms with E-state index in [-0.39, 0.29) is 18.0 Å². The molecule has 1 aliphatic rings. The van der Waals surface area contributed by atoms with Crippen LogP contribution in [0, 0.1) is 19.8 Å². The summed E-state index contributed by atoms with van der Waals surface area (Å²) in [7, 11) is 0. The number of ether oxygens (including phenoxy) is 2. The van der Waals surface area contributed by atoms with Gasteiger partial charge in [0.15, 0.2) is 0 Å². The van der Waals surface area contributed by atoms with Crippen molar-refractivity contribution in [1.29, 1.82) is 0 Å². The molecule has 3 rings (SSSR count). The van der Waals surface area contributed by atoms with Gasteiger partial charge in [0.1, 0.15) is 16.9 Å². The lowest BCUT2D eigenvalue weighted by Gasteiger charge is -2.32. The van der Waals surface area contributed by atoms with Gasteiger partial charge in [-0.3, -0.25) is 4.79 Å². The number of benzene rings is 1. The van der Waals surface area contributed by atoms with Crippen LogP contribution >= 0.6 is 0 Å². The lowest BCUT2D eigenvalue weighted by molar-refractivity contribution is -0.140. The summed E-state index contributed by atoms with van der Waals surface area (Å²) in [5.41, 5.74) is 0.869. The van der Waals surface area contributed by atoms with Gasteiger partial charge in [-0.25, -0.2) is 9.59 Å². The van der Waals surface area contributed by atoms with Gasteiger partial charge in [-0.05, 0) is 65.2 Å². The predicted octanol–water partition coefficient (Wildman–Crippen LogP) is 3.96. The van der Waals surface area contributed by atoms with E-state index in [4.69, 9.17) is 13.9 Å². The molecule has 0 spiro atoms. The van der Waals surface area contributed by atoms with E-state index in [2.05, 4.69) is 0 Å². The highest BCUT2D eigenvalue weighted by Gasteiger charge is 2.31. The minimum absolute atomic E-state index is 0.295. The summed E-state index contributed by atoms with van der Waals surface area (Å²) in [6.07, 6.45) is 0.664. The molecule has 0 radical (unpaired) electrons. The maximum atomic E-state index is 12.5. The zero-order valence-corrected chi connectivity index (χ0v) is 17.5. The van der Waals surface area contributed by atoms with Crippen molar-refractivity contribution in [2.24, 2.45) is 5.92 Å². The highest BCUT2D eigenvalue weighted by molar-refractivity contribution is 5.83. The minimum atomic E-state index is -0.547. The fourth-order valence-electron chi connectivity index (χ4n) is 3.32. The Labute approximate surface area is 169 Å². The number of likely N-dealkylation sites (tertiary alicyclic amines) is 1. The first-order chi connectivity index (χ1) is 13.5. The third-order valence-corrected chi connectivity index (χ3v) is 5.13.